The molecule has 0 aromatic carbocycles. The second-order valence-electron chi connectivity index (χ2n) is 3.94. The van der Waals surface area contributed by atoms with Crippen LogP contribution in [0.2, 0.25) is 0 Å². The number of ether oxygens (including phenoxy) is 1. The topological polar surface area (TPSA) is 43.4 Å². The predicted octanol–water partition coefficient (Wildman–Crippen LogP) is 2.50. The Morgan fingerprint density at radius 2 is 2.07 bits per heavy atom. The van der Waals surface area contributed by atoms with Crippen LogP contribution in [0.15, 0.2) is 12.2 Å². The molecule has 0 aromatic heterocycles. The molecule has 86 valence electrons. The highest BCUT2D eigenvalue weighted by Crippen LogP contribution is 2.23. The first-order valence-electron chi connectivity index (χ1n) is 5.31. The average molecular weight is 212 g/mol. The number of unbranched alkanes of at least 4 members (excludes halogenated alkanes) is 2. The van der Waals surface area contributed by atoms with Crippen molar-refractivity contribution in [2.75, 3.05) is 7.11 Å². The molecule has 0 aliphatic heterocycles. The smallest absolute Gasteiger partial charge is 0.330 e. The highest BCUT2D eigenvalue weighted by atomic mass is 16.5. The van der Waals surface area contributed by atoms with Crippen molar-refractivity contribution >= 4 is 12.3 Å². The van der Waals surface area contributed by atoms with Crippen molar-refractivity contribution in [2.45, 2.75) is 39.5 Å². The van der Waals surface area contributed by atoms with Crippen molar-refractivity contribution in [3.63, 3.8) is 0 Å². The molecular weight excluding hydrogens is 192 g/mol. The zero-order valence-electron chi connectivity index (χ0n) is 9.79. The van der Waals surface area contributed by atoms with Gasteiger partial charge in [0.05, 0.1) is 7.11 Å². The van der Waals surface area contributed by atoms with Crippen LogP contribution in [-0.2, 0) is 14.3 Å². The molecule has 0 saturated carbocycles. The van der Waals surface area contributed by atoms with Crippen LogP contribution in [0, 0.1) is 5.41 Å². The Hall–Kier alpha value is -1.12. The summed E-state index contributed by atoms with van der Waals surface area (Å²) in [5.41, 5.74) is -0.538. The summed E-state index contributed by atoms with van der Waals surface area (Å²) >= 11 is 0. The van der Waals surface area contributed by atoms with Crippen LogP contribution in [0.3, 0.4) is 0 Å². The standard InChI is InChI=1S/C12H20O3/c1-4-5-6-8-12(2,10-13)9-7-11(14)15-3/h7,9-10H,4-6,8H2,1-3H3/b9-7+. The van der Waals surface area contributed by atoms with Gasteiger partial charge in [-0.2, -0.15) is 0 Å². The van der Waals surface area contributed by atoms with E-state index in [4.69, 9.17) is 0 Å². The van der Waals surface area contributed by atoms with E-state index in [0.29, 0.717) is 0 Å². The molecule has 0 saturated heterocycles. The van der Waals surface area contributed by atoms with Gasteiger partial charge in [0.15, 0.2) is 0 Å². The van der Waals surface area contributed by atoms with Crippen molar-refractivity contribution in [1.29, 1.82) is 0 Å². The van der Waals surface area contributed by atoms with Crippen molar-refractivity contribution in [2.24, 2.45) is 5.41 Å². The molecule has 0 fully saturated rings. The lowest BCUT2D eigenvalue weighted by atomic mass is 9.86. The van der Waals surface area contributed by atoms with Gasteiger partial charge in [-0.15, -0.1) is 0 Å². The van der Waals surface area contributed by atoms with E-state index in [1.165, 1.54) is 13.2 Å². The fourth-order valence-corrected chi connectivity index (χ4v) is 1.26. The van der Waals surface area contributed by atoms with E-state index < -0.39 is 11.4 Å². The van der Waals surface area contributed by atoms with E-state index in [1.54, 1.807) is 6.08 Å². The van der Waals surface area contributed by atoms with E-state index >= 15 is 0 Å². The summed E-state index contributed by atoms with van der Waals surface area (Å²) in [4.78, 5) is 21.8. The Bertz CT molecular complexity index is 233. The Kier molecular flexibility index (Phi) is 6.67. The predicted molar refractivity (Wildman–Crippen MR) is 59.5 cm³/mol. The summed E-state index contributed by atoms with van der Waals surface area (Å²) in [5, 5.41) is 0. The zero-order chi connectivity index (χ0) is 11.7. The number of allylic oxidation sites excluding steroid dienone is 1. The van der Waals surface area contributed by atoms with Gasteiger partial charge in [0.2, 0.25) is 0 Å². The van der Waals surface area contributed by atoms with Crippen molar-refractivity contribution < 1.29 is 14.3 Å². The van der Waals surface area contributed by atoms with Gasteiger partial charge in [0.1, 0.15) is 6.29 Å². The SMILES string of the molecule is CCCCCC(C)(C=O)/C=C/C(=O)OC. The lowest BCUT2D eigenvalue weighted by Gasteiger charge is -2.17. The largest absolute Gasteiger partial charge is 0.466 e. The molecule has 0 aliphatic rings. The highest BCUT2D eigenvalue weighted by molar-refractivity contribution is 5.82. The number of carbonyl (C=O) groups excluding carboxylic acids is 2. The summed E-state index contributed by atoms with van der Waals surface area (Å²) in [6.45, 7) is 3.94. The normalized spacial score (nSPS) is 14.9. The van der Waals surface area contributed by atoms with E-state index in [2.05, 4.69) is 11.7 Å². The Balaban J connectivity index is 4.23. The molecule has 1 atom stereocenters. The lowest BCUT2D eigenvalue weighted by molar-refractivity contribution is -0.134. The van der Waals surface area contributed by atoms with Crippen molar-refractivity contribution in [3.8, 4) is 0 Å². The fraction of sp³-hybridized carbons (Fsp3) is 0.667. The van der Waals surface area contributed by atoms with E-state index in [1.807, 2.05) is 6.92 Å². The quantitative estimate of drug-likeness (QED) is 0.282. The number of hydrogen-bond acceptors (Lipinski definition) is 3. The Morgan fingerprint density at radius 3 is 2.53 bits per heavy atom. The van der Waals surface area contributed by atoms with E-state index in [-0.39, 0.29) is 0 Å². The summed E-state index contributed by atoms with van der Waals surface area (Å²) < 4.78 is 4.47. The van der Waals surface area contributed by atoms with Crippen molar-refractivity contribution in [1.82, 2.24) is 0 Å². The number of esters is 1. The lowest BCUT2D eigenvalue weighted by Crippen LogP contribution is -2.15. The van der Waals surface area contributed by atoms with Crippen LogP contribution in [0.25, 0.3) is 0 Å². The third-order valence-corrected chi connectivity index (χ3v) is 2.39. The van der Waals surface area contributed by atoms with Gasteiger partial charge in [0, 0.05) is 11.5 Å². The van der Waals surface area contributed by atoms with Gasteiger partial charge in [-0.05, 0) is 13.3 Å². The molecule has 0 heterocycles. The summed E-state index contributed by atoms with van der Waals surface area (Å²) in [6, 6.07) is 0. The summed E-state index contributed by atoms with van der Waals surface area (Å²) in [5.74, 6) is -0.418. The third kappa shape index (κ3) is 6.05. The molecule has 0 aliphatic carbocycles. The molecule has 0 aromatic rings. The molecule has 3 nitrogen and oxygen atoms in total. The van der Waals surface area contributed by atoms with Crippen LogP contribution in [-0.4, -0.2) is 19.4 Å². The average Bonchev–Trinajstić information content (AvgIpc) is 2.26. The zero-order valence-corrected chi connectivity index (χ0v) is 9.79. The van der Waals surface area contributed by atoms with Crippen LogP contribution >= 0.6 is 0 Å². The van der Waals surface area contributed by atoms with Gasteiger partial charge >= 0.3 is 5.97 Å². The minimum atomic E-state index is -0.538. The monoisotopic (exact) mass is 212 g/mol. The fourth-order valence-electron chi connectivity index (χ4n) is 1.26. The number of aldehydes is 1. The molecule has 15 heavy (non-hydrogen) atoms. The first kappa shape index (κ1) is 13.9. The summed E-state index contributed by atoms with van der Waals surface area (Å²) in [7, 11) is 1.32. The van der Waals surface area contributed by atoms with Crippen LogP contribution in [0.5, 0.6) is 0 Å². The number of carbonyl (C=O) groups is 2. The van der Waals surface area contributed by atoms with Gasteiger partial charge in [0.25, 0.3) is 0 Å². The Labute approximate surface area is 91.5 Å². The van der Waals surface area contributed by atoms with Gasteiger partial charge in [-0.1, -0.05) is 32.3 Å². The minimum Gasteiger partial charge on any atom is -0.466 e. The molecule has 1 unspecified atom stereocenters. The third-order valence-electron chi connectivity index (χ3n) is 2.39. The van der Waals surface area contributed by atoms with Gasteiger partial charge in [-0.25, -0.2) is 4.79 Å². The molecule has 0 radical (unpaired) electrons. The van der Waals surface area contributed by atoms with E-state index in [9.17, 15) is 9.59 Å². The van der Waals surface area contributed by atoms with Gasteiger partial charge in [-0.3, -0.25) is 0 Å². The maximum absolute atomic E-state index is 10.9. The van der Waals surface area contributed by atoms with Crippen molar-refractivity contribution in [3.05, 3.63) is 12.2 Å². The second kappa shape index (κ2) is 7.21. The van der Waals surface area contributed by atoms with Crippen LogP contribution in [0.4, 0.5) is 0 Å². The minimum absolute atomic E-state index is 0.418. The first-order chi connectivity index (χ1) is 7.08. The summed E-state index contributed by atoms with van der Waals surface area (Å²) in [6.07, 6.45) is 7.84. The maximum Gasteiger partial charge on any atom is 0.330 e. The van der Waals surface area contributed by atoms with Gasteiger partial charge < -0.3 is 9.53 Å². The van der Waals surface area contributed by atoms with Crippen LogP contribution < -0.4 is 0 Å². The number of rotatable bonds is 7. The molecule has 3 heteroatoms. The van der Waals surface area contributed by atoms with Crippen LogP contribution in [0.1, 0.15) is 39.5 Å². The number of methoxy groups -OCH3 is 1. The Morgan fingerprint density at radius 1 is 1.40 bits per heavy atom. The highest BCUT2D eigenvalue weighted by Gasteiger charge is 2.19. The molecule has 0 bridgehead atoms. The second-order valence-corrected chi connectivity index (χ2v) is 3.94. The number of hydrogen-bond donors (Lipinski definition) is 0. The first-order valence-corrected chi connectivity index (χ1v) is 5.31. The van der Waals surface area contributed by atoms with E-state index in [0.717, 1.165) is 32.0 Å². The molecular formula is C12H20O3. The maximum atomic E-state index is 10.9. The molecule has 0 amide bonds. The molecule has 0 spiro atoms. The molecule has 0 rings (SSSR count). The molecule has 0 N–H and O–H groups in total.